The highest BCUT2D eigenvalue weighted by Crippen LogP contribution is 2.28. The molecule has 0 aliphatic rings. The number of nitrogens with two attached hydrogens (primary N) is 1. The average molecular weight is 372 g/mol. The first-order valence-corrected chi connectivity index (χ1v) is 8.62. The lowest BCUT2D eigenvalue weighted by molar-refractivity contribution is 0.0696. The zero-order valence-corrected chi connectivity index (χ0v) is 15.2. The topological polar surface area (TPSA) is 115 Å². The smallest absolute Gasteiger partial charge is 0.335 e. The van der Waals surface area contributed by atoms with Gasteiger partial charge in [-0.25, -0.2) is 4.79 Å². The molecular weight excluding hydrogens is 348 g/mol. The van der Waals surface area contributed by atoms with E-state index in [0.29, 0.717) is 30.3 Å². The molecule has 0 atom stereocenters. The molecule has 7 nitrogen and oxygen atoms in total. The van der Waals surface area contributed by atoms with E-state index in [1.807, 2.05) is 0 Å². The van der Waals surface area contributed by atoms with Crippen LogP contribution in [-0.4, -0.2) is 37.2 Å². The van der Waals surface area contributed by atoms with E-state index >= 15 is 0 Å². The molecule has 4 N–H and O–H groups in total. The zero-order chi connectivity index (χ0) is 19.6. The first-order chi connectivity index (χ1) is 13.0. The lowest BCUT2D eigenvalue weighted by Crippen LogP contribution is -2.10. The van der Waals surface area contributed by atoms with E-state index in [1.165, 1.54) is 19.2 Å². The summed E-state index contributed by atoms with van der Waals surface area (Å²) in [5, 5.41) is 16.3. The summed E-state index contributed by atoms with van der Waals surface area (Å²) in [5.74, 6) is 0.725. The van der Waals surface area contributed by atoms with Crippen molar-refractivity contribution in [3.05, 3.63) is 53.6 Å². The molecule has 0 fully saturated rings. The Morgan fingerprint density at radius 2 is 1.59 bits per heavy atom. The molecule has 0 unspecified atom stereocenters. The molecule has 2 aromatic carbocycles. The summed E-state index contributed by atoms with van der Waals surface area (Å²) in [7, 11) is 1.48. The molecule has 0 radical (unpaired) electrons. The van der Waals surface area contributed by atoms with Gasteiger partial charge in [-0.15, -0.1) is 0 Å². The minimum Gasteiger partial charge on any atom is -0.494 e. The van der Waals surface area contributed by atoms with Crippen LogP contribution in [-0.2, 0) is 0 Å². The van der Waals surface area contributed by atoms with Crippen LogP contribution in [0.5, 0.6) is 17.2 Å². The first-order valence-electron chi connectivity index (χ1n) is 8.62. The number of benzene rings is 2. The normalized spacial score (nSPS) is 10.3. The zero-order valence-electron chi connectivity index (χ0n) is 15.2. The molecule has 0 amide bonds. The Bertz CT molecular complexity index is 774. The van der Waals surface area contributed by atoms with Gasteiger partial charge in [-0.3, -0.25) is 5.41 Å². The standard InChI is InChI=1S/C20H24N2O5/c1-25-18-13-15(20(23)24)7-10-17(18)27-12-4-2-3-11-26-16-8-5-14(6-9-16)19(21)22/h5-10,13H,2-4,11-12H2,1H3,(H3,21,22)(H,23,24). The molecule has 7 heteroatoms. The van der Waals surface area contributed by atoms with Gasteiger partial charge in [-0.1, -0.05) is 0 Å². The maximum absolute atomic E-state index is 11.0. The van der Waals surface area contributed by atoms with Crippen molar-refractivity contribution in [3.8, 4) is 17.2 Å². The van der Waals surface area contributed by atoms with Gasteiger partial charge < -0.3 is 25.1 Å². The predicted molar refractivity (Wildman–Crippen MR) is 102 cm³/mol. The van der Waals surface area contributed by atoms with Crippen molar-refractivity contribution in [2.24, 2.45) is 5.73 Å². The third-order valence-corrected chi connectivity index (χ3v) is 3.89. The number of hydrogen-bond donors (Lipinski definition) is 3. The van der Waals surface area contributed by atoms with Crippen LogP contribution in [0.15, 0.2) is 42.5 Å². The number of methoxy groups -OCH3 is 1. The highest BCUT2D eigenvalue weighted by molar-refractivity contribution is 5.94. The van der Waals surface area contributed by atoms with Crippen molar-refractivity contribution in [2.45, 2.75) is 19.3 Å². The molecule has 0 heterocycles. The maximum Gasteiger partial charge on any atom is 0.335 e. The van der Waals surface area contributed by atoms with Crippen LogP contribution in [0.4, 0.5) is 0 Å². The molecule has 2 rings (SSSR count). The van der Waals surface area contributed by atoms with Crippen molar-refractivity contribution in [1.29, 1.82) is 5.41 Å². The fraction of sp³-hybridized carbons (Fsp3) is 0.300. The minimum absolute atomic E-state index is 0.0378. The summed E-state index contributed by atoms with van der Waals surface area (Å²) in [6.45, 7) is 1.10. The molecule has 144 valence electrons. The Morgan fingerprint density at radius 3 is 2.19 bits per heavy atom. The Balaban J connectivity index is 1.66. The highest BCUT2D eigenvalue weighted by Gasteiger charge is 2.09. The third-order valence-electron chi connectivity index (χ3n) is 3.89. The number of nitrogen functional groups attached to an aromatic ring is 1. The average Bonchev–Trinajstić information content (AvgIpc) is 2.67. The number of carboxylic acid groups (broad SMARTS) is 1. The van der Waals surface area contributed by atoms with Gasteiger partial charge in [-0.05, 0) is 61.7 Å². The van der Waals surface area contributed by atoms with E-state index in [-0.39, 0.29) is 11.4 Å². The van der Waals surface area contributed by atoms with Crippen LogP contribution in [0.3, 0.4) is 0 Å². The molecule has 2 aromatic rings. The fourth-order valence-corrected chi connectivity index (χ4v) is 2.40. The van der Waals surface area contributed by atoms with E-state index < -0.39 is 5.97 Å². The molecule has 0 saturated carbocycles. The molecule has 0 aromatic heterocycles. The summed E-state index contributed by atoms with van der Waals surface area (Å²) in [4.78, 5) is 11.0. The highest BCUT2D eigenvalue weighted by atomic mass is 16.5. The van der Waals surface area contributed by atoms with Crippen LogP contribution in [0, 0.1) is 5.41 Å². The van der Waals surface area contributed by atoms with E-state index in [1.54, 1.807) is 30.3 Å². The SMILES string of the molecule is COc1cc(C(=O)O)ccc1OCCCCCOc1ccc(C(=N)N)cc1. The van der Waals surface area contributed by atoms with E-state index in [2.05, 4.69) is 0 Å². The number of nitrogens with one attached hydrogen (secondary N) is 1. The number of carboxylic acids is 1. The summed E-state index contributed by atoms with van der Waals surface area (Å²) in [6.07, 6.45) is 2.66. The third kappa shape index (κ3) is 6.22. The summed E-state index contributed by atoms with van der Waals surface area (Å²) >= 11 is 0. The van der Waals surface area contributed by atoms with Gasteiger partial charge >= 0.3 is 5.97 Å². The van der Waals surface area contributed by atoms with Crippen molar-refractivity contribution in [2.75, 3.05) is 20.3 Å². The summed E-state index contributed by atoms with van der Waals surface area (Å²) < 4.78 is 16.5. The Morgan fingerprint density at radius 1 is 0.963 bits per heavy atom. The van der Waals surface area contributed by atoms with Crippen molar-refractivity contribution < 1.29 is 24.1 Å². The van der Waals surface area contributed by atoms with Crippen molar-refractivity contribution in [3.63, 3.8) is 0 Å². The van der Waals surface area contributed by atoms with Crippen LogP contribution < -0.4 is 19.9 Å². The number of rotatable bonds is 11. The fourth-order valence-electron chi connectivity index (χ4n) is 2.40. The van der Waals surface area contributed by atoms with Gasteiger partial charge in [0.15, 0.2) is 11.5 Å². The van der Waals surface area contributed by atoms with Crippen LogP contribution in [0.25, 0.3) is 0 Å². The predicted octanol–water partition coefficient (Wildman–Crippen LogP) is 3.31. The second-order valence-corrected chi connectivity index (χ2v) is 5.87. The van der Waals surface area contributed by atoms with Gasteiger partial charge in [0.05, 0.1) is 25.9 Å². The maximum atomic E-state index is 11.0. The Kier molecular flexibility index (Phi) is 7.49. The van der Waals surface area contributed by atoms with Crippen LogP contribution >= 0.6 is 0 Å². The largest absolute Gasteiger partial charge is 0.494 e. The molecule has 0 aliphatic heterocycles. The monoisotopic (exact) mass is 372 g/mol. The van der Waals surface area contributed by atoms with Crippen molar-refractivity contribution >= 4 is 11.8 Å². The Labute approximate surface area is 158 Å². The lowest BCUT2D eigenvalue weighted by Gasteiger charge is -2.11. The van der Waals surface area contributed by atoms with Crippen LogP contribution in [0.2, 0.25) is 0 Å². The summed E-state index contributed by atoms with van der Waals surface area (Å²) in [5.41, 5.74) is 6.24. The van der Waals surface area contributed by atoms with E-state index in [0.717, 1.165) is 25.0 Å². The number of hydrogen-bond acceptors (Lipinski definition) is 5. The molecule has 0 spiro atoms. The quantitative estimate of drug-likeness (QED) is 0.317. The summed E-state index contributed by atoms with van der Waals surface area (Å²) in [6, 6.07) is 11.7. The second kappa shape index (κ2) is 10.1. The minimum atomic E-state index is -1.00. The molecule has 0 aliphatic carbocycles. The molecule has 0 bridgehead atoms. The molecular formula is C20H24N2O5. The van der Waals surface area contributed by atoms with Crippen LogP contribution in [0.1, 0.15) is 35.2 Å². The number of carbonyl (C=O) groups is 1. The Hall–Kier alpha value is -3.22. The van der Waals surface area contributed by atoms with Gasteiger partial charge in [0.1, 0.15) is 11.6 Å². The van der Waals surface area contributed by atoms with E-state index in [4.69, 9.17) is 30.5 Å². The van der Waals surface area contributed by atoms with E-state index in [9.17, 15) is 4.79 Å². The lowest BCUT2D eigenvalue weighted by atomic mass is 10.2. The number of ether oxygens (including phenoxy) is 3. The number of amidine groups is 1. The molecule has 0 saturated heterocycles. The number of unbranched alkanes of at least 4 members (excludes halogenated alkanes) is 2. The second-order valence-electron chi connectivity index (χ2n) is 5.87. The van der Waals surface area contributed by atoms with Gasteiger partial charge in [0.2, 0.25) is 0 Å². The van der Waals surface area contributed by atoms with Crippen molar-refractivity contribution in [1.82, 2.24) is 0 Å². The van der Waals surface area contributed by atoms with Gasteiger partial charge in [0, 0.05) is 5.56 Å². The number of aromatic carboxylic acids is 1. The molecule has 27 heavy (non-hydrogen) atoms. The first kappa shape index (κ1) is 20.1. The van der Waals surface area contributed by atoms with Gasteiger partial charge in [0.25, 0.3) is 0 Å². The van der Waals surface area contributed by atoms with Gasteiger partial charge in [-0.2, -0.15) is 0 Å².